The summed E-state index contributed by atoms with van der Waals surface area (Å²) in [6.07, 6.45) is 2.22. The van der Waals surface area contributed by atoms with E-state index in [-0.39, 0.29) is 18.4 Å². The van der Waals surface area contributed by atoms with E-state index in [2.05, 4.69) is 10.6 Å². The first-order valence-electron chi connectivity index (χ1n) is 6.22. The van der Waals surface area contributed by atoms with Crippen molar-refractivity contribution in [3.8, 4) is 6.07 Å². The van der Waals surface area contributed by atoms with Gasteiger partial charge in [-0.3, -0.25) is 9.59 Å². The number of benzene rings is 1. The molecule has 1 rings (SSSR count). The van der Waals surface area contributed by atoms with Crippen molar-refractivity contribution in [3.63, 3.8) is 0 Å². The molecule has 0 atom stereocenters. The van der Waals surface area contributed by atoms with Crippen molar-refractivity contribution in [3.05, 3.63) is 29.8 Å². The van der Waals surface area contributed by atoms with Crippen LogP contribution in [0, 0.1) is 11.3 Å². The number of rotatable bonds is 6. The minimum absolute atomic E-state index is 0.0391. The highest BCUT2D eigenvalue weighted by molar-refractivity contribution is 5.94. The third-order valence-electron chi connectivity index (χ3n) is 2.50. The zero-order chi connectivity index (χ0) is 14.1. The number of nitrogens with one attached hydrogen (secondary N) is 2. The predicted octanol–water partition coefficient (Wildman–Crippen LogP) is 1.80. The van der Waals surface area contributed by atoms with Gasteiger partial charge >= 0.3 is 0 Å². The summed E-state index contributed by atoms with van der Waals surface area (Å²) in [7, 11) is 0. The molecule has 5 nitrogen and oxygen atoms in total. The summed E-state index contributed by atoms with van der Waals surface area (Å²) in [5.41, 5.74) is 1.14. The van der Waals surface area contributed by atoms with Gasteiger partial charge in [0.15, 0.2) is 0 Å². The van der Waals surface area contributed by atoms with Crippen LogP contribution in [0.5, 0.6) is 0 Å². The molecule has 0 bridgehead atoms. The van der Waals surface area contributed by atoms with E-state index in [4.69, 9.17) is 5.26 Å². The van der Waals surface area contributed by atoms with Gasteiger partial charge in [0.2, 0.25) is 11.8 Å². The quantitative estimate of drug-likeness (QED) is 0.817. The van der Waals surface area contributed by atoms with E-state index >= 15 is 0 Å². The normalized spacial score (nSPS) is 9.47. The Bertz CT molecular complexity index is 474. The lowest BCUT2D eigenvalue weighted by Crippen LogP contribution is -2.32. The highest BCUT2D eigenvalue weighted by atomic mass is 16.2. The van der Waals surface area contributed by atoms with E-state index in [1.54, 1.807) is 24.3 Å². The van der Waals surface area contributed by atoms with E-state index in [1.165, 1.54) is 0 Å². The maximum atomic E-state index is 11.6. The minimum atomic E-state index is -0.283. The van der Waals surface area contributed by atoms with Crippen molar-refractivity contribution in [2.24, 2.45) is 0 Å². The van der Waals surface area contributed by atoms with Gasteiger partial charge in [0, 0.05) is 12.1 Å². The third-order valence-corrected chi connectivity index (χ3v) is 2.50. The van der Waals surface area contributed by atoms with E-state index in [0.717, 1.165) is 12.8 Å². The fraction of sp³-hybridized carbons (Fsp3) is 0.357. The highest BCUT2D eigenvalue weighted by Crippen LogP contribution is 2.08. The number of anilines is 1. The molecule has 0 saturated heterocycles. The molecule has 0 spiro atoms. The number of hydrogen-bond acceptors (Lipinski definition) is 3. The Labute approximate surface area is 112 Å². The van der Waals surface area contributed by atoms with Crippen LogP contribution >= 0.6 is 0 Å². The number of amides is 2. The molecular formula is C14H17N3O2. The van der Waals surface area contributed by atoms with Crippen LogP contribution in [0.2, 0.25) is 0 Å². The molecule has 5 heteroatoms. The zero-order valence-electron chi connectivity index (χ0n) is 10.9. The molecule has 2 amide bonds. The molecule has 0 aliphatic rings. The van der Waals surface area contributed by atoms with Crippen molar-refractivity contribution in [1.82, 2.24) is 5.32 Å². The second-order valence-electron chi connectivity index (χ2n) is 4.12. The van der Waals surface area contributed by atoms with Crippen LogP contribution in [-0.2, 0) is 9.59 Å². The van der Waals surface area contributed by atoms with E-state index in [0.29, 0.717) is 17.7 Å². The average Bonchev–Trinajstić information content (AvgIpc) is 2.43. The Balaban J connectivity index is 2.34. The van der Waals surface area contributed by atoms with E-state index < -0.39 is 0 Å². The molecule has 1 aromatic carbocycles. The standard InChI is InChI=1S/C14H17N3O2/c1-2-3-4-13(18)16-10-14(19)17-12-7-5-11(9-15)6-8-12/h5-8H,2-4,10H2,1H3,(H,16,18)(H,17,19). The van der Waals surface area contributed by atoms with Gasteiger partial charge in [0.25, 0.3) is 0 Å². The monoisotopic (exact) mass is 259 g/mol. The smallest absolute Gasteiger partial charge is 0.243 e. The van der Waals surface area contributed by atoms with E-state index in [1.807, 2.05) is 13.0 Å². The lowest BCUT2D eigenvalue weighted by molar-refractivity contribution is -0.124. The van der Waals surface area contributed by atoms with Gasteiger partial charge in [-0.2, -0.15) is 5.26 Å². The Kier molecular flexibility index (Phi) is 6.10. The molecule has 0 unspecified atom stereocenters. The number of unbranched alkanes of at least 4 members (excludes halogenated alkanes) is 1. The molecule has 0 aliphatic carbocycles. The maximum absolute atomic E-state index is 11.6. The predicted molar refractivity (Wildman–Crippen MR) is 72.3 cm³/mol. The molecule has 0 fully saturated rings. The van der Waals surface area contributed by atoms with Crippen molar-refractivity contribution >= 4 is 17.5 Å². The summed E-state index contributed by atoms with van der Waals surface area (Å²) in [5, 5.41) is 13.8. The molecule has 100 valence electrons. The summed E-state index contributed by atoms with van der Waals surface area (Å²) in [4.78, 5) is 22.9. The number of nitrogens with zero attached hydrogens (tertiary/aromatic N) is 1. The first kappa shape index (κ1) is 14.7. The van der Waals surface area contributed by atoms with Crippen molar-refractivity contribution in [2.45, 2.75) is 26.2 Å². The highest BCUT2D eigenvalue weighted by Gasteiger charge is 2.05. The summed E-state index contributed by atoms with van der Waals surface area (Å²) >= 11 is 0. The number of carbonyl (C=O) groups excluding carboxylic acids is 2. The molecule has 2 N–H and O–H groups in total. The molecule has 0 saturated carbocycles. The Morgan fingerprint density at radius 2 is 1.89 bits per heavy atom. The third kappa shape index (κ3) is 5.68. The Morgan fingerprint density at radius 3 is 2.47 bits per heavy atom. The van der Waals surface area contributed by atoms with Crippen LogP contribution in [0.4, 0.5) is 5.69 Å². The fourth-order valence-electron chi connectivity index (χ4n) is 1.44. The van der Waals surface area contributed by atoms with Gasteiger partial charge in [0.05, 0.1) is 18.2 Å². The second-order valence-corrected chi connectivity index (χ2v) is 4.12. The van der Waals surface area contributed by atoms with Crippen LogP contribution < -0.4 is 10.6 Å². The van der Waals surface area contributed by atoms with Crippen LogP contribution in [0.25, 0.3) is 0 Å². The first-order valence-corrected chi connectivity index (χ1v) is 6.22. The molecule has 1 aromatic rings. The SMILES string of the molecule is CCCCC(=O)NCC(=O)Nc1ccc(C#N)cc1. The first-order chi connectivity index (χ1) is 9.15. The van der Waals surface area contributed by atoms with Gasteiger partial charge in [-0.15, -0.1) is 0 Å². The molecular weight excluding hydrogens is 242 g/mol. The summed E-state index contributed by atoms with van der Waals surface area (Å²) in [5.74, 6) is -0.397. The average molecular weight is 259 g/mol. The summed E-state index contributed by atoms with van der Waals surface area (Å²) < 4.78 is 0. The van der Waals surface area contributed by atoms with Gasteiger partial charge in [-0.25, -0.2) is 0 Å². The van der Waals surface area contributed by atoms with Gasteiger partial charge in [-0.1, -0.05) is 13.3 Å². The van der Waals surface area contributed by atoms with Crippen LogP contribution in [-0.4, -0.2) is 18.4 Å². The molecule has 19 heavy (non-hydrogen) atoms. The maximum Gasteiger partial charge on any atom is 0.243 e. The number of nitriles is 1. The van der Waals surface area contributed by atoms with Crippen molar-refractivity contribution in [1.29, 1.82) is 5.26 Å². The zero-order valence-corrected chi connectivity index (χ0v) is 10.9. The Hall–Kier alpha value is -2.35. The summed E-state index contributed by atoms with van der Waals surface area (Å²) in [6.45, 7) is 1.97. The molecule has 0 radical (unpaired) electrons. The fourth-order valence-corrected chi connectivity index (χ4v) is 1.44. The lowest BCUT2D eigenvalue weighted by atomic mass is 10.2. The topological polar surface area (TPSA) is 82.0 Å². The second kappa shape index (κ2) is 7.88. The van der Waals surface area contributed by atoms with Crippen LogP contribution in [0.1, 0.15) is 31.7 Å². The molecule has 0 aromatic heterocycles. The minimum Gasteiger partial charge on any atom is -0.347 e. The van der Waals surface area contributed by atoms with Crippen LogP contribution in [0.15, 0.2) is 24.3 Å². The van der Waals surface area contributed by atoms with Gasteiger partial charge < -0.3 is 10.6 Å². The Morgan fingerprint density at radius 1 is 1.21 bits per heavy atom. The number of hydrogen-bond donors (Lipinski definition) is 2. The van der Waals surface area contributed by atoms with Gasteiger partial charge in [-0.05, 0) is 30.7 Å². The molecule has 0 heterocycles. The largest absolute Gasteiger partial charge is 0.347 e. The number of carbonyl (C=O) groups is 2. The lowest BCUT2D eigenvalue weighted by Gasteiger charge is -2.06. The molecule has 0 aliphatic heterocycles. The summed E-state index contributed by atoms with van der Waals surface area (Å²) in [6, 6.07) is 8.53. The van der Waals surface area contributed by atoms with Gasteiger partial charge in [0.1, 0.15) is 0 Å². The van der Waals surface area contributed by atoms with Crippen molar-refractivity contribution in [2.75, 3.05) is 11.9 Å². The van der Waals surface area contributed by atoms with Crippen LogP contribution in [0.3, 0.4) is 0 Å². The van der Waals surface area contributed by atoms with Crippen molar-refractivity contribution < 1.29 is 9.59 Å². The van der Waals surface area contributed by atoms with E-state index in [9.17, 15) is 9.59 Å².